The maximum Gasteiger partial charge on any atom is 0.0663 e. The molecule has 0 saturated heterocycles. The molecule has 0 aliphatic carbocycles. The molecular weight excluding hydrogens is 238 g/mol. The summed E-state index contributed by atoms with van der Waals surface area (Å²) in [7, 11) is 3.72. The highest BCUT2D eigenvalue weighted by Gasteiger charge is 2.14. The van der Waals surface area contributed by atoms with E-state index >= 15 is 0 Å². The molecule has 0 bridgehead atoms. The van der Waals surface area contributed by atoms with Gasteiger partial charge in [0.2, 0.25) is 0 Å². The van der Waals surface area contributed by atoms with Crippen LogP contribution in [0, 0.1) is 0 Å². The second-order valence-electron chi connectivity index (χ2n) is 4.78. The highest BCUT2D eigenvalue weighted by atomic mass is 16.5. The summed E-state index contributed by atoms with van der Waals surface area (Å²) in [6, 6.07) is 4.95. The molecule has 2 atom stereocenters. The van der Waals surface area contributed by atoms with Crippen molar-refractivity contribution in [3.05, 3.63) is 24.0 Å². The lowest BCUT2D eigenvalue weighted by Crippen LogP contribution is -2.36. The minimum atomic E-state index is 0.334. The van der Waals surface area contributed by atoms with E-state index in [4.69, 9.17) is 4.74 Å². The monoisotopic (exact) mass is 265 g/mol. The van der Waals surface area contributed by atoms with Crippen LogP contribution in [0.2, 0.25) is 0 Å². The maximum atomic E-state index is 5.23. The van der Waals surface area contributed by atoms with Crippen LogP contribution in [0.3, 0.4) is 0 Å². The Balaban J connectivity index is 2.83. The molecule has 0 aromatic carbocycles. The number of hydrogen-bond donors (Lipinski definition) is 1. The number of likely N-dealkylation sites (N-methyl/N-ethyl adjacent to an activating group) is 1. The third-order valence-electron chi connectivity index (χ3n) is 3.50. The number of aromatic nitrogens is 1. The SMILES string of the molecule is CCC(NC)c1ccc(N(CC)C(C)COC)cn1. The molecule has 19 heavy (non-hydrogen) atoms. The summed E-state index contributed by atoms with van der Waals surface area (Å²) in [6.45, 7) is 8.17. The number of nitrogens with one attached hydrogen (secondary N) is 1. The van der Waals surface area contributed by atoms with Gasteiger partial charge in [-0.2, -0.15) is 0 Å². The van der Waals surface area contributed by atoms with Gasteiger partial charge in [-0.25, -0.2) is 0 Å². The molecule has 4 heteroatoms. The van der Waals surface area contributed by atoms with E-state index in [1.807, 2.05) is 13.2 Å². The van der Waals surface area contributed by atoms with Gasteiger partial charge in [-0.05, 0) is 39.4 Å². The fraction of sp³-hybridized carbons (Fsp3) is 0.667. The number of pyridine rings is 1. The molecule has 0 fully saturated rings. The Kier molecular flexibility index (Phi) is 6.81. The Morgan fingerprint density at radius 3 is 2.53 bits per heavy atom. The molecular formula is C15H27N3O. The van der Waals surface area contributed by atoms with E-state index in [1.54, 1.807) is 7.11 Å². The molecule has 108 valence electrons. The van der Waals surface area contributed by atoms with Crippen LogP contribution < -0.4 is 10.2 Å². The normalized spacial score (nSPS) is 14.2. The van der Waals surface area contributed by atoms with Crippen LogP contribution in [0.15, 0.2) is 18.3 Å². The lowest BCUT2D eigenvalue weighted by Gasteiger charge is -2.29. The number of hydrogen-bond acceptors (Lipinski definition) is 4. The first-order valence-corrected chi connectivity index (χ1v) is 7.06. The molecule has 4 nitrogen and oxygen atoms in total. The Bertz CT molecular complexity index is 349. The molecule has 1 N–H and O–H groups in total. The van der Waals surface area contributed by atoms with Crippen LogP contribution in [0.4, 0.5) is 5.69 Å². The average Bonchev–Trinajstić information content (AvgIpc) is 2.43. The molecule has 0 aliphatic heterocycles. The number of methoxy groups -OCH3 is 1. The van der Waals surface area contributed by atoms with Crippen molar-refractivity contribution in [1.29, 1.82) is 0 Å². The second-order valence-corrected chi connectivity index (χ2v) is 4.78. The van der Waals surface area contributed by atoms with Gasteiger partial charge in [0.05, 0.1) is 24.2 Å². The van der Waals surface area contributed by atoms with E-state index in [9.17, 15) is 0 Å². The zero-order chi connectivity index (χ0) is 14.3. The van der Waals surface area contributed by atoms with Gasteiger partial charge in [-0.3, -0.25) is 4.98 Å². The van der Waals surface area contributed by atoms with Gasteiger partial charge < -0.3 is 15.0 Å². The van der Waals surface area contributed by atoms with Crippen molar-refractivity contribution >= 4 is 5.69 Å². The predicted molar refractivity (Wildman–Crippen MR) is 80.7 cm³/mol. The first kappa shape index (κ1) is 15.9. The molecule has 1 aromatic heterocycles. The van der Waals surface area contributed by atoms with Crippen LogP contribution in [0.1, 0.15) is 38.9 Å². The smallest absolute Gasteiger partial charge is 0.0663 e. The van der Waals surface area contributed by atoms with E-state index in [2.05, 4.69) is 48.1 Å². The largest absolute Gasteiger partial charge is 0.383 e. The highest BCUT2D eigenvalue weighted by molar-refractivity contribution is 5.45. The Labute approximate surface area is 117 Å². The van der Waals surface area contributed by atoms with Crippen LogP contribution in [0.5, 0.6) is 0 Å². The summed E-state index contributed by atoms with van der Waals surface area (Å²) < 4.78 is 5.23. The number of ether oxygens (including phenoxy) is 1. The second kappa shape index (κ2) is 8.12. The van der Waals surface area contributed by atoms with Crippen molar-refractivity contribution in [3.8, 4) is 0 Å². The molecule has 1 aromatic rings. The molecule has 0 spiro atoms. The topological polar surface area (TPSA) is 37.4 Å². The predicted octanol–water partition coefficient (Wildman–Crippen LogP) is 2.61. The molecule has 0 amide bonds. The summed E-state index contributed by atoms with van der Waals surface area (Å²) in [6.07, 6.45) is 3.01. The van der Waals surface area contributed by atoms with E-state index in [-0.39, 0.29) is 0 Å². The van der Waals surface area contributed by atoms with E-state index < -0.39 is 0 Å². The third kappa shape index (κ3) is 4.18. The Hall–Kier alpha value is -1.13. The van der Waals surface area contributed by atoms with Gasteiger partial charge in [0.25, 0.3) is 0 Å². The van der Waals surface area contributed by atoms with Crippen LogP contribution in [0.25, 0.3) is 0 Å². The van der Waals surface area contributed by atoms with Crippen molar-refractivity contribution < 1.29 is 4.74 Å². The van der Waals surface area contributed by atoms with E-state index in [0.29, 0.717) is 12.1 Å². The Morgan fingerprint density at radius 1 is 1.37 bits per heavy atom. The number of nitrogens with zero attached hydrogens (tertiary/aromatic N) is 2. The van der Waals surface area contributed by atoms with Gasteiger partial charge in [-0.1, -0.05) is 6.92 Å². The molecule has 1 heterocycles. The molecule has 0 radical (unpaired) electrons. The van der Waals surface area contributed by atoms with Crippen molar-refractivity contribution in [1.82, 2.24) is 10.3 Å². The van der Waals surface area contributed by atoms with Gasteiger partial charge in [0.1, 0.15) is 0 Å². The lowest BCUT2D eigenvalue weighted by atomic mass is 10.1. The van der Waals surface area contributed by atoms with Crippen LogP contribution >= 0.6 is 0 Å². The van der Waals surface area contributed by atoms with Crippen molar-refractivity contribution in [2.45, 2.75) is 39.3 Å². The zero-order valence-corrected chi connectivity index (χ0v) is 12.8. The van der Waals surface area contributed by atoms with Crippen molar-refractivity contribution in [2.24, 2.45) is 0 Å². The summed E-state index contributed by atoms with van der Waals surface area (Å²) in [5.74, 6) is 0. The molecule has 0 aliphatic rings. The number of rotatable bonds is 8. The van der Waals surface area contributed by atoms with Gasteiger partial charge in [0.15, 0.2) is 0 Å². The Morgan fingerprint density at radius 2 is 2.11 bits per heavy atom. The maximum absolute atomic E-state index is 5.23. The van der Waals surface area contributed by atoms with Gasteiger partial charge in [0, 0.05) is 25.7 Å². The molecule has 2 unspecified atom stereocenters. The van der Waals surface area contributed by atoms with Gasteiger partial charge in [-0.15, -0.1) is 0 Å². The number of anilines is 1. The highest BCUT2D eigenvalue weighted by Crippen LogP contribution is 2.20. The standard InChI is InChI=1S/C15H27N3O/c1-6-14(16-4)15-9-8-13(10-17-15)18(7-2)12(3)11-19-5/h8-10,12,14,16H,6-7,11H2,1-5H3. The van der Waals surface area contributed by atoms with E-state index in [0.717, 1.165) is 31.0 Å². The summed E-state index contributed by atoms with van der Waals surface area (Å²) in [5, 5.41) is 3.28. The van der Waals surface area contributed by atoms with Crippen LogP contribution in [-0.4, -0.2) is 38.3 Å². The summed E-state index contributed by atoms with van der Waals surface area (Å²) >= 11 is 0. The minimum Gasteiger partial charge on any atom is -0.383 e. The van der Waals surface area contributed by atoms with Crippen molar-refractivity contribution in [3.63, 3.8) is 0 Å². The van der Waals surface area contributed by atoms with Gasteiger partial charge >= 0.3 is 0 Å². The zero-order valence-electron chi connectivity index (χ0n) is 12.8. The average molecular weight is 265 g/mol. The molecule has 1 rings (SSSR count). The fourth-order valence-corrected chi connectivity index (χ4v) is 2.41. The van der Waals surface area contributed by atoms with Crippen LogP contribution in [-0.2, 0) is 4.74 Å². The van der Waals surface area contributed by atoms with Crippen molar-refractivity contribution in [2.75, 3.05) is 32.2 Å². The minimum absolute atomic E-state index is 0.334. The fourth-order valence-electron chi connectivity index (χ4n) is 2.41. The summed E-state index contributed by atoms with van der Waals surface area (Å²) in [5.41, 5.74) is 2.26. The quantitative estimate of drug-likeness (QED) is 0.784. The van der Waals surface area contributed by atoms with E-state index in [1.165, 1.54) is 0 Å². The first-order valence-electron chi connectivity index (χ1n) is 7.06. The first-order chi connectivity index (χ1) is 9.17. The molecule has 0 saturated carbocycles. The third-order valence-corrected chi connectivity index (χ3v) is 3.50. The summed E-state index contributed by atoms with van der Waals surface area (Å²) in [4.78, 5) is 6.89. The lowest BCUT2D eigenvalue weighted by molar-refractivity contribution is 0.182.